The predicted octanol–water partition coefficient (Wildman–Crippen LogP) is 3.57. The quantitative estimate of drug-likeness (QED) is 0.644. The van der Waals surface area contributed by atoms with Crippen molar-refractivity contribution in [2.24, 2.45) is 0 Å². The summed E-state index contributed by atoms with van der Waals surface area (Å²) in [7, 11) is 1.57. The van der Waals surface area contributed by atoms with Crippen molar-refractivity contribution in [1.29, 1.82) is 0 Å². The first-order chi connectivity index (χ1) is 13.2. The summed E-state index contributed by atoms with van der Waals surface area (Å²) in [4.78, 5) is 23.8. The molecule has 27 heavy (non-hydrogen) atoms. The molecule has 1 N–H and O–H groups in total. The third-order valence-electron chi connectivity index (χ3n) is 4.12. The molecule has 0 aliphatic carbocycles. The van der Waals surface area contributed by atoms with Gasteiger partial charge in [0.1, 0.15) is 5.75 Å². The van der Waals surface area contributed by atoms with Crippen molar-refractivity contribution in [1.82, 2.24) is 15.1 Å². The van der Waals surface area contributed by atoms with E-state index in [4.69, 9.17) is 9.47 Å². The SMILES string of the molecule is CCCCCCCNC(=O)OCn1nc(-c2ccccc2OC)ccc1=O. The van der Waals surface area contributed by atoms with E-state index in [1.54, 1.807) is 13.2 Å². The number of amides is 1. The Kier molecular flexibility index (Phi) is 8.35. The van der Waals surface area contributed by atoms with Gasteiger partial charge in [-0.3, -0.25) is 4.79 Å². The first kappa shape index (κ1) is 20.5. The van der Waals surface area contributed by atoms with E-state index in [-0.39, 0.29) is 12.3 Å². The molecule has 1 heterocycles. The maximum absolute atomic E-state index is 12.0. The van der Waals surface area contributed by atoms with E-state index in [0.29, 0.717) is 18.0 Å². The number of carbonyl (C=O) groups is 1. The third-order valence-corrected chi connectivity index (χ3v) is 4.12. The molecule has 0 fully saturated rings. The van der Waals surface area contributed by atoms with E-state index < -0.39 is 6.09 Å². The predicted molar refractivity (Wildman–Crippen MR) is 104 cm³/mol. The molecule has 146 valence electrons. The van der Waals surface area contributed by atoms with Gasteiger partial charge in [-0.05, 0) is 24.6 Å². The largest absolute Gasteiger partial charge is 0.496 e. The summed E-state index contributed by atoms with van der Waals surface area (Å²) in [5.74, 6) is 0.650. The van der Waals surface area contributed by atoms with Crippen LogP contribution >= 0.6 is 0 Å². The Morgan fingerprint density at radius 2 is 1.89 bits per heavy atom. The van der Waals surface area contributed by atoms with E-state index in [9.17, 15) is 9.59 Å². The van der Waals surface area contributed by atoms with Crippen LogP contribution in [0.5, 0.6) is 5.75 Å². The van der Waals surface area contributed by atoms with Crippen molar-refractivity contribution >= 4 is 6.09 Å². The number of para-hydroxylation sites is 1. The number of aromatic nitrogens is 2. The lowest BCUT2D eigenvalue weighted by atomic mass is 10.1. The Morgan fingerprint density at radius 1 is 1.11 bits per heavy atom. The Morgan fingerprint density at radius 3 is 2.67 bits per heavy atom. The van der Waals surface area contributed by atoms with Crippen LogP contribution in [-0.4, -0.2) is 29.5 Å². The van der Waals surface area contributed by atoms with Gasteiger partial charge in [0.05, 0.1) is 12.8 Å². The van der Waals surface area contributed by atoms with Gasteiger partial charge >= 0.3 is 6.09 Å². The fraction of sp³-hybridized carbons (Fsp3) is 0.450. The monoisotopic (exact) mass is 373 g/mol. The molecule has 0 unspecified atom stereocenters. The van der Waals surface area contributed by atoms with E-state index in [2.05, 4.69) is 17.3 Å². The van der Waals surface area contributed by atoms with Crippen LogP contribution in [0.25, 0.3) is 11.3 Å². The van der Waals surface area contributed by atoms with Crippen LogP contribution in [0.15, 0.2) is 41.2 Å². The number of nitrogens with zero attached hydrogens (tertiary/aromatic N) is 2. The molecule has 1 aromatic heterocycles. The van der Waals surface area contributed by atoms with Crippen LogP contribution < -0.4 is 15.6 Å². The lowest BCUT2D eigenvalue weighted by Crippen LogP contribution is -2.30. The van der Waals surface area contributed by atoms with Crippen molar-refractivity contribution in [3.63, 3.8) is 0 Å². The number of ether oxygens (including phenoxy) is 2. The van der Waals surface area contributed by atoms with Crippen molar-refractivity contribution < 1.29 is 14.3 Å². The highest BCUT2D eigenvalue weighted by Gasteiger charge is 2.09. The zero-order valence-corrected chi connectivity index (χ0v) is 15.9. The first-order valence-electron chi connectivity index (χ1n) is 9.28. The number of hydrogen-bond donors (Lipinski definition) is 1. The summed E-state index contributed by atoms with van der Waals surface area (Å²) in [5, 5.41) is 6.96. The van der Waals surface area contributed by atoms with E-state index in [1.165, 1.54) is 25.3 Å². The highest BCUT2D eigenvalue weighted by atomic mass is 16.6. The average molecular weight is 373 g/mol. The molecule has 0 aliphatic heterocycles. The van der Waals surface area contributed by atoms with Crippen molar-refractivity contribution in [2.75, 3.05) is 13.7 Å². The molecule has 0 aliphatic rings. The summed E-state index contributed by atoms with van der Waals surface area (Å²) >= 11 is 0. The molecule has 7 heteroatoms. The molecule has 2 rings (SSSR count). The minimum atomic E-state index is -0.554. The van der Waals surface area contributed by atoms with Gasteiger partial charge in [-0.25, -0.2) is 4.79 Å². The minimum Gasteiger partial charge on any atom is -0.496 e. The normalized spacial score (nSPS) is 10.4. The van der Waals surface area contributed by atoms with Gasteiger partial charge < -0.3 is 14.8 Å². The Hall–Kier alpha value is -2.83. The van der Waals surface area contributed by atoms with Gasteiger partial charge in [-0.15, -0.1) is 0 Å². The minimum absolute atomic E-state index is 0.247. The zero-order chi connectivity index (χ0) is 19.5. The van der Waals surface area contributed by atoms with Gasteiger partial charge in [0.25, 0.3) is 5.56 Å². The number of carbonyl (C=O) groups excluding carboxylic acids is 1. The number of benzene rings is 1. The highest BCUT2D eigenvalue weighted by Crippen LogP contribution is 2.27. The summed E-state index contributed by atoms with van der Waals surface area (Å²) in [5.41, 5.74) is 0.971. The Labute approximate surface area is 159 Å². The summed E-state index contributed by atoms with van der Waals surface area (Å²) in [6.07, 6.45) is 5.00. The number of unbranched alkanes of at least 4 members (excludes halogenated alkanes) is 4. The molecule has 0 spiro atoms. The molecule has 1 aromatic carbocycles. The second-order valence-corrected chi connectivity index (χ2v) is 6.16. The maximum atomic E-state index is 12.0. The molecule has 0 bridgehead atoms. The average Bonchev–Trinajstić information content (AvgIpc) is 2.70. The highest BCUT2D eigenvalue weighted by molar-refractivity contribution is 5.67. The Bertz CT molecular complexity index is 789. The second kappa shape index (κ2) is 11.0. The second-order valence-electron chi connectivity index (χ2n) is 6.16. The molecular formula is C20H27N3O4. The van der Waals surface area contributed by atoms with Crippen LogP contribution in [0, 0.1) is 0 Å². The third kappa shape index (κ3) is 6.44. The van der Waals surface area contributed by atoms with Crippen molar-refractivity contribution in [3.8, 4) is 17.0 Å². The van der Waals surface area contributed by atoms with Gasteiger partial charge in [0.15, 0.2) is 6.73 Å². The number of nitrogens with one attached hydrogen (secondary N) is 1. The molecule has 2 aromatic rings. The van der Waals surface area contributed by atoms with Gasteiger partial charge in [0.2, 0.25) is 0 Å². The zero-order valence-electron chi connectivity index (χ0n) is 15.9. The van der Waals surface area contributed by atoms with Gasteiger partial charge in [-0.1, -0.05) is 44.7 Å². The van der Waals surface area contributed by atoms with Crippen LogP contribution in [0.3, 0.4) is 0 Å². The lowest BCUT2D eigenvalue weighted by Gasteiger charge is -2.11. The summed E-state index contributed by atoms with van der Waals surface area (Å²) < 4.78 is 11.5. The fourth-order valence-corrected chi connectivity index (χ4v) is 2.63. The molecule has 0 saturated carbocycles. The fourth-order valence-electron chi connectivity index (χ4n) is 2.63. The number of methoxy groups -OCH3 is 1. The smallest absolute Gasteiger partial charge is 0.408 e. The first-order valence-corrected chi connectivity index (χ1v) is 9.28. The topological polar surface area (TPSA) is 82.4 Å². The number of rotatable bonds is 10. The van der Waals surface area contributed by atoms with Crippen molar-refractivity contribution in [2.45, 2.75) is 45.8 Å². The Balaban J connectivity index is 1.91. The van der Waals surface area contributed by atoms with E-state index in [1.807, 2.05) is 24.3 Å². The molecular weight excluding hydrogens is 346 g/mol. The summed E-state index contributed by atoms with van der Waals surface area (Å²) in [6.45, 7) is 2.48. The van der Waals surface area contributed by atoms with Gasteiger partial charge in [-0.2, -0.15) is 9.78 Å². The van der Waals surface area contributed by atoms with E-state index in [0.717, 1.165) is 23.1 Å². The molecule has 7 nitrogen and oxygen atoms in total. The van der Waals surface area contributed by atoms with Crippen LogP contribution in [0.1, 0.15) is 39.0 Å². The lowest BCUT2D eigenvalue weighted by molar-refractivity contribution is 0.105. The standard InChI is InChI=1S/C20H27N3O4/c1-3-4-5-6-9-14-21-20(25)27-15-23-19(24)13-12-17(22-23)16-10-7-8-11-18(16)26-2/h7-8,10-13H,3-6,9,14-15H2,1-2H3,(H,21,25). The van der Waals surface area contributed by atoms with Crippen LogP contribution in [0.4, 0.5) is 4.79 Å². The number of alkyl carbamates (subject to hydrolysis) is 1. The molecule has 1 amide bonds. The van der Waals surface area contributed by atoms with Gasteiger partial charge in [0, 0.05) is 18.2 Å². The van der Waals surface area contributed by atoms with Crippen molar-refractivity contribution in [3.05, 3.63) is 46.8 Å². The van der Waals surface area contributed by atoms with E-state index >= 15 is 0 Å². The molecule has 0 saturated heterocycles. The summed E-state index contributed by atoms with van der Waals surface area (Å²) in [6, 6.07) is 10.4. The molecule has 0 atom stereocenters. The maximum Gasteiger partial charge on any atom is 0.408 e. The van der Waals surface area contributed by atoms with Crippen LogP contribution in [-0.2, 0) is 11.5 Å². The van der Waals surface area contributed by atoms with Crippen LogP contribution in [0.2, 0.25) is 0 Å². The number of hydrogen-bond acceptors (Lipinski definition) is 5. The molecule has 0 radical (unpaired) electrons.